The molecular formula is C27H33N3O2. The average Bonchev–Trinajstić information content (AvgIpc) is 3.16. The summed E-state index contributed by atoms with van der Waals surface area (Å²) in [7, 11) is 3.57. The van der Waals surface area contributed by atoms with Crippen molar-refractivity contribution < 1.29 is 9.47 Å². The molecule has 0 amide bonds. The number of rotatable bonds is 12. The zero-order valence-corrected chi connectivity index (χ0v) is 19.4. The summed E-state index contributed by atoms with van der Waals surface area (Å²) in [4.78, 5) is 4.64. The Balaban J connectivity index is 1.67. The zero-order chi connectivity index (χ0) is 22.8. The molecule has 0 spiro atoms. The molecule has 1 heterocycles. The number of fused-ring (bicyclic) bond motifs is 1. The van der Waals surface area contributed by atoms with E-state index in [1.807, 2.05) is 60.2 Å². The van der Waals surface area contributed by atoms with Crippen molar-refractivity contribution in [3.63, 3.8) is 0 Å². The first-order valence-corrected chi connectivity index (χ1v) is 11.5. The maximum absolute atomic E-state index is 9.78. The van der Waals surface area contributed by atoms with Gasteiger partial charge in [-0.1, -0.05) is 63.6 Å². The summed E-state index contributed by atoms with van der Waals surface area (Å²) in [5.74, 6) is 2.05. The molecule has 5 heteroatoms. The molecule has 3 aromatic rings. The van der Waals surface area contributed by atoms with Crippen LogP contribution in [0, 0.1) is 11.3 Å². The summed E-state index contributed by atoms with van der Waals surface area (Å²) < 4.78 is 13.4. The standard InChI is InChI=1S/C27H33N3O2/c1-4-5-6-7-8-9-12-17-32-25-16-15-21(19-26(25)31-3)18-22(20-28)27-29-23-13-10-11-14-24(23)30(27)2/h10-11,13-16,18-19H,4-9,12,17H2,1-3H3/b22-18-. The number of hydrogen-bond acceptors (Lipinski definition) is 4. The van der Waals surface area contributed by atoms with Gasteiger partial charge in [-0.2, -0.15) is 5.26 Å². The third-order valence-electron chi connectivity index (χ3n) is 5.65. The molecule has 0 unspecified atom stereocenters. The minimum atomic E-state index is 0.502. The molecule has 3 rings (SSSR count). The summed E-state index contributed by atoms with van der Waals surface area (Å²) in [6.45, 7) is 2.92. The van der Waals surface area contributed by atoms with E-state index in [0.717, 1.165) is 28.8 Å². The second kappa shape index (κ2) is 12.0. The molecule has 0 aliphatic heterocycles. The quantitative estimate of drug-likeness (QED) is 0.234. The predicted octanol–water partition coefficient (Wildman–Crippen LogP) is 6.78. The molecule has 5 nitrogen and oxygen atoms in total. The highest BCUT2D eigenvalue weighted by Gasteiger charge is 2.13. The Morgan fingerprint density at radius 3 is 2.50 bits per heavy atom. The van der Waals surface area contributed by atoms with Crippen LogP contribution in [-0.2, 0) is 7.05 Å². The zero-order valence-electron chi connectivity index (χ0n) is 19.4. The van der Waals surface area contributed by atoms with Crippen molar-refractivity contribution in [2.75, 3.05) is 13.7 Å². The smallest absolute Gasteiger partial charge is 0.161 e. The largest absolute Gasteiger partial charge is 0.493 e. The molecule has 168 valence electrons. The lowest BCUT2D eigenvalue weighted by molar-refractivity contribution is 0.284. The van der Waals surface area contributed by atoms with Gasteiger partial charge in [-0.05, 0) is 42.3 Å². The van der Waals surface area contributed by atoms with Gasteiger partial charge in [0.25, 0.3) is 0 Å². The Morgan fingerprint density at radius 2 is 1.78 bits per heavy atom. The van der Waals surface area contributed by atoms with Gasteiger partial charge in [0.2, 0.25) is 0 Å². The molecule has 32 heavy (non-hydrogen) atoms. The van der Waals surface area contributed by atoms with E-state index in [-0.39, 0.29) is 0 Å². The lowest BCUT2D eigenvalue weighted by Gasteiger charge is -2.11. The fourth-order valence-corrected chi connectivity index (χ4v) is 3.83. The fourth-order valence-electron chi connectivity index (χ4n) is 3.83. The van der Waals surface area contributed by atoms with E-state index in [2.05, 4.69) is 18.0 Å². The average molecular weight is 432 g/mol. The highest BCUT2D eigenvalue weighted by Crippen LogP contribution is 2.30. The van der Waals surface area contributed by atoms with Gasteiger partial charge >= 0.3 is 0 Å². The number of aromatic nitrogens is 2. The summed E-state index contributed by atoms with van der Waals surface area (Å²) in [6.07, 6.45) is 10.6. The molecule has 0 N–H and O–H groups in total. The molecular weight excluding hydrogens is 398 g/mol. The Kier molecular flexibility index (Phi) is 8.74. The van der Waals surface area contributed by atoms with Gasteiger partial charge in [-0.25, -0.2) is 4.98 Å². The Hall–Kier alpha value is -3.26. The number of methoxy groups -OCH3 is 1. The normalized spacial score (nSPS) is 11.5. The van der Waals surface area contributed by atoms with Crippen LogP contribution in [0.3, 0.4) is 0 Å². The van der Waals surface area contributed by atoms with Gasteiger partial charge < -0.3 is 14.0 Å². The van der Waals surface area contributed by atoms with E-state index in [4.69, 9.17) is 9.47 Å². The van der Waals surface area contributed by atoms with Gasteiger partial charge in [0, 0.05) is 7.05 Å². The number of hydrogen-bond donors (Lipinski definition) is 0. The highest BCUT2D eigenvalue weighted by molar-refractivity contribution is 5.91. The monoisotopic (exact) mass is 431 g/mol. The van der Waals surface area contributed by atoms with Crippen molar-refractivity contribution in [1.29, 1.82) is 5.26 Å². The van der Waals surface area contributed by atoms with E-state index in [0.29, 0.717) is 23.8 Å². The van der Waals surface area contributed by atoms with Crippen LogP contribution in [0.4, 0.5) is 0 Å². The second-order valence-electron chi connectivity index (χ2n) is 8.03. The van der Waals surface area contributed by atoms with Crippen molar-refractivity contribution in [3.8, 4) is 17.6 Å². The molecule has 0 atom stereocenters. The molecule has 0 fully saturated rings. The number of aryl methyl sites for hydroxylation is 1. The molecule has 0 radical (unpaired) electrons. The molecule has 1 aromatic heterocycles. The molecule has 0 aliphatic carbocycles. The number of imidazole rings is 1. The fraction of sp³-hybridized carbons (Fsp3) is 0.407. The van der Waals surface area contributed by atoms with E-state index in [1.165, 1.54) is 38.5 Å². The van der Waals surface area contributed by atoms with Crippen LogP contribution in [0.5, 0.6) is 11.5 Å². The predicted molar refractivity (Wildman–Crippen MR) is 131 cm³/mol. The Labute approximate surface area is 191 Å². The van der Waals surface area contributed by atoms with Crippen molar-refractivity contribution in [3.05, 3.63) is 53.9 Å². The maximum atomic E-state index is 9.78. The van der Waals surface area contributed by atoms with Crippen LogP contribution < -0.4 is 9.47 Å². The van der Waals surface area contributed by atoms with E-state index < -0.39 is 0 Å². The first-order valence-electron chi connectivity index (χ1n) is 11.5. The highest BCUT2D eigenvalue weighted by atomic mass is 16.5. The topological polar surface area (TPSA) is 60.1 Å². The first-order chi connectivity index (χ1) is 15.7. The van der Waals surface area contributed by atoms with Gasteiger partial charge in [0.15, 0.2) is 17.3 Å². The SMILES string of the molecule is CCCCCCCCCOc1ccc(/C=C(/C#N)c2nc3ccccc3n2C)cc1OC. The second-order valence-corrected chi connectivity index (χ2v) is 8.03. The molecule has 0 bridgehead atoms. The lowest BCUT2D eigenvalue weighted by atomic mass is 10.1. The van der Waals surface area contributed by atoms with Crippen LogP contribution in [0.2, 0.25) is 0 Å². The van der Waals surface area contributed by atoms with Crippen molar-refractivity contribution in [2.45, 2.75) is 51.9 Å². The molecule has 0 saturated carbocycles. The van der Waals surface area contributed by atoms with Crippen molar-refractivity contribution in [1.82, 2.24) is 9.55 Å². The van der Waals surface area contributed by atoms with Crippen LogP contribution in [-0.4, -0.2) is 23.3 Å². The van der Waals surface area contributed by atoms with Gasteiger partial charge in [0.05, 0.1) is 30.3 Å². The third-order valence-corrected chi connectivity index (χ3v) is 5.65. The minimum absolute atomic E-state index is 0.502. The van der Waals surface area contributed by atoms with E-state index in [9.17, 15) is 5.26 Å². The number of ether oxygens (including phenoxy) is 2. The van der Waals surface area contributed by atoms with Gasteiger partial charge in [-0.15, -0.1) is 0 Å². The van der Waals surface area contributed by atoms with Crippen LogP contribution in [0.25, 0.3) is 22.7 Å². The van der Waals surface area contributed by atoms with E-state index in [1.54, 1.807) is 7.11 Å². The Bertz CT molecular complexity index is 1090. The maximum Gasteiger partial charge on any atom is 0.161 e. The summed E-state index contributed by atoms with van der Waals surface area (Å²) in [6, 6.07) is 15.9. The number of allylic oxidation sites excluding steroid dienone is 1. The molecule has 0 aliphatic rings. The summed E-state index contributed by atoms with van der Waals surface area (Å²) in [5.41, 5.74) is 3.24. The number of benzene rings is 2. The van der Waals surface area contributed by atoms with Crippen molar-refractivity contribution in [2.24, 2.45) is 7.05 Å². The number of para-hydroxylation sites is 2. The van der Waals surface area contributed by atoms with Crippen LogP contribution >= 0.6 is 0 Å². The van der Waals surface area contributed by atoms with Gasteiger partial charge in [-0.3, -0.25) is 0 Å². The van der Waals surface area contributed by atoms with E-state index >= 15 is 0 Å². The lowest BCUT2D eigenvalue weighted by Crippen LogP contribution is -2.00. The van der Waals surface area contributed by atoms with Gasteiger partial charge in [0.1, 0.15) is 6.07 Å². The number of nitriles is 1. The minimum Gasteiger partial charge on any atom is -0.493 e. The summed E-state index contributed by atoms with van der Waals surface area (Å²) in [5, 5.41) is 9.78. The first kappa shape index (κ1) is 23.4. The molecule has 0 saturated heterocycles. The molecule has 2 aromatic carbocycles. The number of nitrogens with zero attached hydrogens (tertiary/aromatic N) is 3. The Morgan fingerprint density at radius 1 is 1.03 bits per heavy atom. The number of unbranched alkanes of at least 4 members (excludes halogenated alkanes) is 6. The third kappa shape index (κ3) is 5.91. The van der Waals surface area contributed by atoms with Crippen LogP contribution in [0.15, 0.2) is 42.5 Å². The summed E-state index contributed by atoms with van der Waals surface area (Å²) >= 11 is 0. The van der Waals surface area contributed by atoms with Crippen molar-refractivity contribution >= 4 is 22.7 Å². The van der Waals surface area contributed by atoms with Crippen LogP contribution in [0.1, 0.15) is 63.3 Å².